The standard InChI is InChI=1S/C18H21N3O3/c1-24-13-2-3-16-14(10-13)15(11-19-16)18(4-5-18)17(23)21-8-6-20(12-22)7-9-21/h2-3,10-12,19H,4-9H2,1H3. The predicted octanol–water partition coefficient (Wildman–Crippen LogP) is 1.51. The van der Waals surface area contributed by atoms with Crippen molar-refractivity contribution < 1.29 is 14.3 Å². The topological polar surface area (TPSA) is 65.6 Å². The number of methoxy groups -OCH3 is 1. The van der Waals surface area contributed by atoms with Gasteiger partial charge in [0, 0.05) is 43.3 Å². The SMILES string of the molecule is COc1ccc2[nH]cc(C3(C(=O)N4CCN(C=O)CC4)CC3)c2c1. The third kappa shape index (κ3) is 2.25. The highest BCUT2D eigenvalue weighted by Crippen LogP contribution is 2.52. The van der Waals surface area contributed by atoms with Crippen LogP contribution in [0.4, 0.5) is 0 Å². The molecule has 0 unspecified atom stereocenters. The van der Waals surface area contributed by atoms with Gasteiger partial charge in [-0.1, -0.05) is 0 Å². The van der Waals surface area contributed by atoms with Crippen LogP contribution in [0.2, 0.25) is 0 Å². The monoisotopic (exact) mass is 327 g/mol. The number of aromatic nitrogens is 1. The van der Waals surface area contributed by atoms with Gasteiger partial charge in [0.05, 0.1) is 12.5 Å². The van der Waals surface area contributed by atoms with E-state index in [4.69, 9.17) is 4.74 Å². The third-order valence-electron chi connectivity index (χ3n) is 5.31. The summed E-state index contributed by atoms with van der Waals surface area (Å²) < 4.78 is 5.33. The number of ether oxygens (including phenoxy) is 1. The van der Waals surface area contributed by atoms with E-state index in [0.717, 1.165) is 41.5 Å². The van der Waals surface area contributed by atoms with Gasteiger partial charge >= 0.3 is 0 Å². The summed E-state index contributed by atoms with van der Waals surface area (Å²) in [7, 11) is 1.65. The molecule has 1 saturated carbocycles. The molecular weight excluding hydrogens is 306 g/mol. The largest absolute Gasteiger partial charge is 0.497 e. The quantitative estimate of drug-likeness (QED) is 0.866. The van der Waals surface area contributed by atoms with Crippen molar-refractivity contribution in [1.82, 2.24) is 14.8 Å². The molecule has 126 valence electrons. The molecule has 1 saturated heterocycles. The molecule has 1 N–H and O–H groups in total. The Hall–Kier alpha value is -2.50. The Labute approximate surface area is 140 Å². The first kappa shape index (κ1) is 15.1. The van der Waals surface area contributed by atoms with Crippen molar-refractivity contribution in [3.63, 3.8) is 0 Å². The van der Waals surface area contributed by atoms with Gasteiger partial charge in [0.25, 0.3) is 0 Å². The molecule has 0 spiro atoms. The molecule has 0 bridgehead atoms. The maximum atomic E-state index is 13.1. The van der Waals surface area contributed by atoms with E-state index in [1.165, 1.54) is 0 Å². The van der Waals surface area contributed by atoms with Crippen LogP contribution >= 0.6 is 0 Å². The van der Waals surface area contributed by atoms with Gasteiger partial charge in [-0.2, -0.15) is 0 Å². The molecule has 1 aromatic carbocycles. The number of benzene rings is 1. The summed E-state index contributed by atoms with van der Waals surface area (Å²) >= 11 is 0. The number of carbonyl (C=O) groups is 2. The number of aromatic amines is 1. The normalized spacial score (nSPS) is 19.4. The van der Waals surface area contributed by atoms with Gasteiger partial charge < -0.3 is 19.5 Å². The van der Waals surface area contributed by atoms with Crippen molar-refractivity contribution in [2.45, 2.75) is 18.3 Å². The van der Waals surface area contributed by atoms with Crippen LogP contribution in [0.5, 0.6) is 5.75 Å². The van der Waals surface area contributed by atoms with E-state index in [2.05, 4.69) is 4.98 Å². The number of piperazine rings is 1. The van der Waals surface area contributed by atoms with Gasteiger partial charge in [0.2, 0.25) is 12.3 Å². The smallest absolute Gasteiger partial charge is 0.233 e. The fourth-order valence-electron chi connectivity index (χ4n) is 3.68. The van der Waals surface area contributed by atoms with E-state index in [1.54, 1.807) is 12.0 Å². The average Bonchev–Trinajstić information content (AvgIpc) is 3.33. The van der Waals surface area contributed by atoms with Crippen LogP contribution in [-0.4, -0.2) is 60.4 Å². The first-order chi connectivity index (χ1) is 11.7. The fraction of sp³-hybridized carbons (Fsp3) is 0.444. The van der Waals surface area contributed by atoms with Crippen LogP contribution in [0.15, 0.2) is 24.4 Å². The highest BCUT2D eigenvalue weighted by molar-refractivity contribution is 5.98. The molecule has 0 atom stereocenters. The summed E-state index contributed by atoms with van der Waals surface area (Å²) in [4.78, 5) is 30.9. The Kier molecular flexibility index (Phi) is 3.48. The molecule has 1 aromatic heterocycles. The second kappa shape index (κ2) is 5.54. The van der Waals surface area contributed by atoms with Crippen LogP contribution in [0.3, 0.4) is 0 Å². The van der Waals surface area contributed by atoms with Crippen LogP contribution in [-0.2, 0) is 15.0 Å². The Morgan fingerprint density at radius 1 is 1.25 bits per heavy atom. The summed E-state index contributed by atoms with van der Waals surface area (Å²) in [6.07, 6.45) is 4.59. The molecule has 24 heavy (non-hydrogen) atoms. The summed E-state index contributed by atoms with van der Waals surface area (Å²) in [5, 5.41) is 1.06. The molecule has 2 fully saturated rings. The number of hydrogen-bond donors (Lipinski definition) is 1. The Morgan fingerprint density at radius 2 is 2.00 bits per heavy atom. The molecule has 2 amide bonds. The van der Waals surface area contributed by atoms with Gasteiger partial charge in [-0.25, -0.2) is 0 Å². The number of carbonyl (C=O) groups excluding carboxylic acids is 2. The van der Waals surface area contributed by atoms with Crippen molar-refractivity contribution in [3.8, 4) is 5.75 Å². The Morgan fingerprint density at radius 3 is 2.62 bits per heavy atom. The van der Waals surface area contributed by atoms with Gasteiger partial charge in [0.1, 0.15) is 5.75 Å². The van der Waals surface area contributed by atoms with E-state index < -0.39 is 5.41 Å². The lowest BCUT2D eigenvalue weighted by molar-refractivity contribution is -0.137. The van der Waals surface area contributed by atoms with Crippen LogP contribution < -0.4 is 4.74 Å². The zero-order chi connectivity index (χ0) is 16.7. The lowest BCUT2D eigenvalue weighted by atomic mass is 9.93. The first-order valence-corrected chi connectivity index (χ1v) is 8.32. The maximum absolute atomic E-state index is 13.1. The first-order valence-electron chi connectivity index (χ1n) is 8.32. The molecule has 1 aliphatic carbocycles. The van der Waals surface area contributed by atoms with E-state index in [9.17, 15) is 9.59 Å². The highest BCUT2D eigenvalue weighted by atomic mass is 16.5. The Balaban J connectivity index is 1.64. The van der Waals surface area contributed by atoms with Gasteiger partial charge in [-0.3, -0.25) is 9.59 Å². The van der Waals surface area contributed by atoms with Crippen LogP contribution in [0.25, 0.3) is 10.9 Å². The zero-order valence-electron chi connectivity index (χ0n) is 13.7. The van der Waals surface area contributed by atoms with E-state index in [1.807, 2.05) is 29.3 Å². The predicted molar refractivity (Wildman–Crippen MR) is 90.0 cm³/mol. The molecule has 0 radical (unpaired) electrons. The molecule has 2 aliphatic rings. The molecular formula is C18H21N3O3. The minimum Gasteiger partial charge on any atom is -0.497 e. The molecule has 1 aliphatic heterocycles. The lowest BCUT2D eigenvalue weighted by Crippen LogP contribution is -2.51. The second-order valence-electron chi connectivity index (χ2n) is 6.63. The fourth-order valence-corrected chi connectivity index (χ4v) is 3.68. The third-order valence-corrected chi connectivity index (χ3v) is 5.31. The van der Waals surface area contributed by atoms with Crippen LogP contribution in [0.1, 0.15) is 18.4 Å². The zero-order valence-corrected chi connectivity index (χ0v) is 13.7. The van der Waals surface area contributed by atoms with Gasteiger partial charge in [0.15, 0.2) is 0 Å². The summed E-state index contributed by atoms with van der Waals surface area (Å²) in [6, 6.07) is 5.91. The van der Waals surface area contributed by atoms with E-state index >= 15 is 0 Å². The highest BCUT2D eigenvalue weighted by Gasteiger charge is 2.54. The lowest BCUT2D eigenvalue weighted by Gasteiger charge is -2.35. The summed E-state index contributed by atoms with van der Waals surface area (Å²) in [6.45, 7) is 2.47. The van der Waals surface area contributed by atoms with Crippen molar-refractivity contribution in [3.05, 3.63) is 30.0 Å². The number of H-pyrrole nitrogens is 1. The van der Waals surface area contributed by atoms with Crippen molar-refractivity contribution >= 4 is 23.2 Å². The maximum Gasteiger partial charge on any atom is 0.233 e. The van der Waals surface area contributed by atoms with E-state index in [0.29, 0.717) is 26.2 Å². The minimum absolute atomic E-state index is 0.191. The number of amides is 2. The number of hydrogen-bond acceptors (Lipinski definition) is 3. The Bertz CT molecular complexity index is 786. The molecule has 2 heterocycles. The molecule has 4 rings (SSSR count). The van der Waals surface area contributed by atoms with Crippen molar-refractivity contribution in [1.29, 1.82) is 0 Å². The summed E-state index contributed by atoms with van der Waals surface area (Å²) in [5.74, 6) is 0.989. The van der Waals surface area contributed by atoms with Gasteiger partial charge in [-0.15, -0.1) is 0 Å². The molecule has 6 nitrogen and oxygen atoms in total. The van der Waals surface area contributed by atoms with E-state index in [-0.39, 0.29) is 5.91 Å². The summed E-state index contributed by atoms with van der Waals surface area (Å²) in [5.41, 5.74) is 1.68. The van der Waals surface area contributed by atoms with Gasteiger partial charge in [-0.05, 0) is 36.6 Å². The second-order valence-corrected chi connectivity index (χ2v) is 6.63. The van der Waals surface area contributed by atoms with Crippen molar-refractivity contribution in [2.24, 2.45) is 0 Å². The molecule has 2 aromatic rings. The average molecular weight is 327 g/mol. The number of fused-ring (bicyclic) bond motifs is 1. The minimum atomic E-state index is -0.409. The van der Waals surface area contributed by atoms with Crippen molar-refractivity contribution in [2.75, 3.05) is 33.3 Å². The number of rotatable bonds is 4. The number of nitrogens with one attached hydrogen (secondary N) is 1. The van der Waals surface area contributed by atoms with Crippen LogP contribution in [0, 0.1) is 0 Å². The molecule has 6 heteroatoms. The number of nitrogens with zero attached hydrogens (tertiary/aromatic N) is 2.